The zero-order chi connectivity index (χ0) is 22.5. The molecule has 1 saturated heterocycles. The molecule has 12 heteroatoms. The summed E-state index contributed by atoms with van der Waals surface area (Å²) in [5.74, 6) is 0.272. The van der Waals surface area contributed by atoms with Crippen molar-refractivity contribution >= 4 is 17.5 Å². The lowest BCUT2D eigenvalue weighted by Gasteiger charge is -2.27. The lowest BCUT2D eigenvalue weighted by atomic mass is 9.97. The number of nitrogens with two attached hydrogens (primary N) is 1. The van der Waals surface area contributed by atoms with Crippen molar-refractivity contribution < 1.29 is 34.0 Å². The van der Waals surface area contributed by atoms with E-state index in [0.717, 1.165) is 0 Å². The summed E-state index contributed by atoms with van der Waals surface area (Å²) in [4.78, 5) is 15.7. The number of nitrogens with zero attached hydrogens (tertiary/aromatic N) is 3. The van der Waals surface area contributed by atoms with Crippen LogP contribution in [0.25, 0.3) is 5.52 Å². The van der Waals surface area contributed by atoms with Gasteiger partial charge in [-0.05, 0) is 26.0 Å². The van der Waals surface area contributed by atoms with Gasteiger partial charge in [0, 0.05) is 7.11 Å². The summed E-state index contributed by atoms with van der Waals surface area (Å²) in [5, 5.41) is 25.1. The van der Waals surface area contributed by atoms with Crippen molar-refractivity contribution in [2.45, 2.75) is 57.7 Å². The number of anilines is 1. The Hall–Kier alpha value is -2.51. The number of aliphatic hydroxyl groups excluding tert-OH is 2. The first-order chi connectivity index (χ1) is 14.3. The zero-order valence-electron chi connectivity index (χ0n) is 18.5. The number of methoxy groups -OCH3 is 1. The Morgan fingerprint density at radius 1 is 1.39 bits per heavy atom. The number of ether oxygens (including phenoxy) is 4. The van der Waals surface area contributed by atoms with E-state index in [1.54, 1.807) is 19.1 Å². The van der Waals surface area contributed by atoms with Crippen molar-refractivity contribution in [2.75, 3.05) is 26.1 Å². The number of carbonyl (C=O) groups excluding carboxylic acids is 1. The molecule has 31 heavy (non-hydrogen) atoms. The standard InChI is InChI=1S/C17H24N4O7.C2H6.H3N/c1-9(6-25-3)27-16(24)26-7-17(2)14(23)12(22)13(28-17)10-4-5-11-15(18)19-8-20-21(10)11;1-2;/h4-5,8-9,12-14,22-23H,6-7H2,1-3H3,(H2,18,19,20);1-2H3;1H3/t9-,12+,13+,14+,17-;;/m1../s1. The third-order valence-electron chi connectivity index (χ3n) is 4.63. The summed E-state index contributed by atoms with van der Waals surface area (Å²) in [6.45, 7) is 7.09. The highest BCUT2D eigenvalue weighted by atomic mass is 16.7. The number of hydrogen-bond donors (Lipinski definition) is 4. The summed E-state index contributed by atoms with van der Waals surface area (Å²) < 4.78 is 22.3. The molecular formula is C19H33N5O7. The molecule has 1 aliphatic heterocycles. The van der Waals surface area contributed by atoms with Crippen molar-refractivity contribution in [1.82, 2.24) is 20.7 Å². The number of aromatic nitrogens is 3. The minimum absolute atomic E-state index is 0. The Labute approximate surface area is 180 Å². The number of aliphatic hydroxyl groups is 2. The maximum Gasteiger partial charge on any atom is 0.508 e. The topological polar surface area (TPSA) is 186 Å². The van der Waals surface area contributed by atoms with Gasteiger partial charge in [-0.1, -0.05) is 13.8 Å². The molecule has 0 spiro atoms. The van der Waals surface area contributed by atoms with E-state index in [9.17, 15) is 15.0 Å². The predicted molar refractivity (Wildman–Crippen MR) is 112 cm³/mol. The van der Waals surface area contributed by atoms with Gasteiger partial charge in [0.25, 0.3) is 0 Å². The average Bonchev–Trinajstić information content (AvgIpc) is 3.24. The molecule has 1 fully saturated rings. The quantitative estimate of drug-likeness (QED) is 0.470. The molecule has 176 valence electrons. The van der Waals surface area contributed by atoms with Gasteiger partial charge in [-0.3, -0.25) is 0 Å². The second-order valence-electron chi connectivity index (χ2n) is 6.91. The van der Waals surface area contributed by atoms with Crippen LogP contribution in [-0.2, 0) is 18.9 Å². The number of hydrogen-bond acceptors (Lipinski definition) is 11. The van der Waals surface area contributed by atoms with Crippen LogP contribution in [0.2, 0.25) is 0 Å². The SMILES string of the molecule is CC.COC[C@@H](C)OC(=O)OC[C@@]1(C)O[C@@H](c2ccc3c(N)ncnn23)[C@H](O)[C@@H]1O.N. The minimum atomic E-state index is -1.35. The molecule has 2 aromatic heterocycles. The summed E-state index contributed by atoms with van der Waals surface area (Å²) >= 11 is 0. The summed E-state index contributed by atoms with van der Waals surface area (Å²) in [7, 11) is 1.49. The third-order valence-corrected chi connectivity index (χ3v) is 4.63. The van der Waals surface area contributed by atoms with Crippen molar-refractivity contribution in [3.63, 3.8) is 0 Å². The molecule has 12 nitrogen and oxygen atoms in total. The van der Waals surface area contributed by atoms with Gasteiger partial charge in [0.15, 0.2) is 5.82 Å². The van der Waals surface area contributed by atoms with Crippen molar-refractivity contribution in [1.29, 1.82) is 0 Å². The maximum atomic E-state index is 11.8. The first-order valence-corrected chi connectivity index (χ1v) is 9.71. The first-order valence-electron chi connectivity index (χ1n) is 9.71. The highest BCUT2D eigenvalue weighted by Gasteiger charge is 2.53. The summed E-state index contributed by atoms with van der Waals surface area (Å²) in [6.07, 6.45) is -3.63. The fraction of sp³-hybridized carbons (Fsp3) is 0.632. The van der Waals surface area contributed by atoms with Crippen LogP contribution in [0.4, 0.5) is 10.6 Å². The maximum absolute atomic E-state index is 11.8. The average molecular weight is 444 g/mol. The van der Waals surface area contributed by atoms with E-state index >= 15 is 0 Å². The molecule has 0 unspecified atom stereocenters. The normalized spacial score (nSPS) is 25.8. The Bertz CT molecular complexity index is 848. The van der Waals surface area contributed by atoms with Crippen LogP contribution in [0.15, 0.2) is 18.5 Å². The van der Waals surface area contributed by atoms with Gasteiger partial charge in [0.05, 0.1) is 12.3 Å². The monoisotopic (exact) mass is 443 g/mol. The first kappa shape index (κ1) is 26.5. The van der Waals surface area contributed by atoms with Crippen LogP contribution < -0.4 is 11.9 Å². The fourth-order valence-electron chi connectivity index (χ4n) is 3.17. The second kappa shape index (κ2) is 11.2. The molecule has 3 rings (SSSR count). The largest absolute Gasteiger partial charge is 0.508 e. The van der Waals surface area contributed by atoms with Crippen molar-refractivity contribution in [3.05, 3.63) is 24.2 Å². The molecule has 7 N–H and O–H groups in total. The van der Waals surface area contributed by atoms with Crippen LogP contribution in [-0.4, -0.2) is 75.2 Å². The molecule has 0 bridgehead atoms. The molecule has 0 saturated carbocycles. The smallest absolute Gasteiger partial charge is 0.431 e. The van der Waals surface area contributed by atoms with Gasteiger partial charge < -0.3 is 41.0 Å². The van der Waals surface area contributed by atoms with Gasteiger partial charge >= 0.3 is 6.16 Å². The van der Waals surface area contributed by atoms with Gasteiger partial charge in [-0.2, -0.15) is 5.10 Å². The second-order valence-corrected chi connectivity index (χ2v) is 6.91. The molecule has 0 aliphatic carbocycles. The van der Waals surface area contributed by atoms with Crippen LogP contribution in [0, 0.1) is 0 Å². The van der Waals surface area contributed by atoms with E-state index in [-0.39, 0.29) is 25.2 Å². The number of carbonyl (C=O) groups is 1. The number of rotatable bonds is 6. The van der Waals surface area contributed by atoms with Crippen LogP contribution in [0.1, 0.15) is 39.5 Å². The molecule has 5 atom stereocenters. The Morgan fingerprint density at radius 3 is 2.71 bits per heavy atom. The lowest BCUT2D eigenvalue weighted by molar-refractivity contribution is -0.112. The highest BCUT2D eigenvalue weighted by molar-refractivity contribution is 5.65. The molecule has 3 heterocycles. The van der Waals surface area contributed by atoms with Crippen LogP contribution in [0.5, 0.6) is 0 Å². The van der Waals surface area contributed by atoms with Gasteiger partial charge in [0.1, 0.15) is 48.5 Å². The number of nitrogen functional groups attached to an aromatic ring is 1. The summed E-state index contributed by atoms with van der Waals surface area (Å²) in [6, 6.07) is 3.36. The van der Waals surface area contributed by atoms with Gasteiger partial charge in [-0.15, -0.1) is 0 Å². The van der Waals surface area contributed by atoms with Crippen LogP contribution in [0.3, 0.4) is 0 Å². The Kier molecular flexibility index (Phi) is 9.59. The molecule has 2 aromatic rings. The van der Waals surface area contributed by atoms with E-state index in [4.69, 9.17) is 24.7 Å². The molecule has 1 aliphatic rings. The van der Waals surface area contributed by atoms with E-state index in [2.05, 4.69) is 10.1 Å². The number of fused-ring (bicyclic) bond motifs is 1. The molecule has 0 radical (unpaired) electrons. The molecule has 0 aromatic carbocycles. The van der Waals surface area contributed by atoms with E-state index in [1.165, 1.54) is 24.9 Å². The van der Waals surface area contributed by atoms with E-state index in [1.807, 2.05) is 13.8 Å². The zero-order valence-corrected chi connectivity index (χ0v) is 18.5. The Morgan fingerprint density at radius 2 is 2.06 bits per heavy atom. The Balaban J connectivity index is 0.00000156. The molecule has 0 amide bonds. The molecular weight excluding hydrogens is 410 g/mol. The predicted octanol–water partition coefficient (Wildman–Crippen LogP) is 1.24. The minimum Gasteiger partial charge on any atom is -0.431 e. The van der Waals surface area contributed by atoms with Gasteiger partial charge in [0.2, 0.25) is 0 Å². The third kappa shape index (κ3) is 5.60. The van der Waals surface area contributed by atoms with E-state index in [0.29, 0.717) is 11.2 Å². The van der Waals surface area contributed by atoms with Crippen LogP contribution >= 0.6 is 0 Å². The van der Waals surface area contributed by atoms with Crippen molar-refractivity contribution in [3.8, 4) is 0 Å². The summed E-state index contributed by atoms with van der Waals surface area (Å²) in [5.41, 5.74) is 5.50. The van der Waals surface area contributed by atoms with Gasteiger partial charge in [-0.25, -0.2) is 14.3 Å². The van der Waals surface area contributed by atoms with E-state index < -0.39 is 36.2 Å². The van der Waals surface area contributed by atoms with Crippen molar-refractivity contribution in [2.24, 2.45) is 0 Å². The highest BCUT2D eigenvalue weighted by Crippen LogP contribution is 2.40. The fourth-order valence-corrected chi connectivity index (χ4v) is 3.17. The lowest BCUT2D eigenvalue weighted by Crippen LogP contribution is -2.45.